The molecule has 0 radical (unpaired) electrons. The lowest BCUT2D eigenvalue weighted by molar-refractivity contribution is -0.156. The Bertz CT molecular complexity index is 633. The Morgan fingerprint density at radius 1 is 1.41 bits per heavy atom. The van der Waals surface area contributed by atoms with E-state index in [9.17, 15) is 4.79 Å². The topological polar surface area (TPSA) is 61.6 Å². The summed E-state index contributed by atoms with van der Waals surface area (Å²) in [6.07, 6.45) is 0.941. The van der Waals surface area contributed by atoms with Crippen molar-refractivity contribution in [3.8, 4) is 11.5 Å². The van der Waals surface area contributed by atoms with Crippen LogP contribution in [0.3, 0.4) is 0 Å². The van der Waals surface area contributed by atoms with Gasteiger partial charge in [-0.1, -0.05) is 24.3 Å². The van der Waals surface area contributed by atoms with Gasteiger partial charge in [0.1, 0.15) is 18.1 Å². The Morgan fingerprint density at radius 3 is 2.82 bits per heavy atom. The number of carbonyl (C=O) groups is 1. The molecule has 0 aliphatic rings. The molecule has 5 heteroatoms. The molecule has 5 nitrogen and oxygen atoms in total. The molecule has 0 bridgehead atoms. The lowest BCUT2D eigenvalue weighted by atomic mass is 10.2. The molecule has 1 aromatic heterocycles. The number of ether oxygens (including phenoxy) is 2. The molecule has 0 spiro atoms. The van der Waals surface area contributed by atoms with Crippen LogP contribution in [0.1, 0.15) is 18.4 Å². The van der Waals surface area contributed by atoms with Crippen molar-refractivity contribution in [2.75, 3.05) is 6.61 Å². The smallest absolute Gasteiger partial charge is 0.335 e. The van der Waals surface area contributed by atoms with Gasteiger partial charge in [-0.2, -0.15) is 0 Å². The number of benzene rings is 1. The molecule has 1 atom stereocenters. The zero-order chi connectivity index (χ0) is 15.9. The van der Waals surface area contributed by atoms with Gasteiger partial charge in [-0.3, -0.25) is 0 Å². The van der Waals surface area contributed by atoms with E-state index in [0.717, 1.165) is 5.56 Å². The summed E-state index contributed by atoms with van der Waals surface area (Å²) in [6.45, 7) is 7.32. The zero-order valence-corrected chi connectivity index (χ0v) is 12.7. The van der Waals surface area contributed by atoms with Crippen LogP contribution in [0.4, 0.5) is 0 Å². The molecule has 0 aliphatic carbocycles. The van der Waals surface area contributed by atoms with Gasteiger partial charge in [0.2, 0.25) is 5.89 Å². The zero-order valence-electron chi connectivity index (χ0n) is 12.7. The highest BCUT2D eigenvalue weighted by molar-refractivity contribution is 5.74. The first kappa shape index (κ1) is 16.0. The molecule has 1 unspecified atom stereocenters. The van der Waals surface area contributed by atoms with Crippen LogP contribution in [0.2, 0.25) is 0 Å². The second kappa shape index (κ2) is 7.56. The van der Waals surface area contributed by atoms with Crippen LogP contribution in [-0.2, 0) is 20.9 Å². The van der Waals surface area contributed by atoms with E-state index in [0.29, 0.717) is 24.0 Å². The van der Waals surface area contributed by atoms with Crippen molar-refractivity contribution in [3.63, 3.8) is 0 Å². The number of hydrogen-bond donors (Lipinski definition) is 0. The number of aryl methyl sites for hydroxylation is 1. The monoisotopic (exact) mass is 301 g/mol. The van der Waals surface area contributed by atoms with Crippen LogP contribution in [0.5, 0.6) is 0 Å². The average molecular weight is 301 g/mol. The Labute approximate surface area is 129 Å². The molecule has 0 N–H and O–H groups in total. The highest BCUT2D eigenvalue weighted by Crippen LogP contribution is 2.21. The Balaban J connectivity index is 1.98. The van der Waals surface area contributed by atoms with E-state index in [1.807, 2.05) is 30.3 Å². The highest BCUT2D eigenvalue weighted by Gasteiger charge is 2.17. The summed E-state index contributed by atoms with van der Waals surface area (Å²) in [5, 5.41) is 0. The Hall–Kier alpha value is -2.40. The van der Waals surface area contributed by atoms with E-state index >= 15 is 0 Å². The van der Waals surface area contributed by atoms with E-state index in [-0.39, 0.29) is 6.61 Å². The molecule has 0 saturated carbocycles. The first-order valence-electron chi connectivity index (χ1n) is 7.02. The molecule has 0 saturated heterocycles. The van der Waals surface area contributed by atoms with Crippen molar-refractivity contribution in [2.45, 2.75) is 26.6 Å². The van der Waals surface area contributed by atoms with Crippen molar-refractivity contribution in [1.29, 1.82) is 0 Å². The Kier molecular flexibility index (Phi) is 5.49. The molecule has 2 rings (SSSR count). The summed E-state index contributed by atoms with van der Waals surface area (Å²) < 4.78 is 16.0. The highest BCUT2D eigenvalue weighted by atomic mass is 16.6. The fraction of sp³-hybridized carbons (Fsp3) is 0.294. The summed E-state index contributed by atoms with van der Waals surface area (Å²) in [5.74, 6) is 0.705. The predicted molar refractivity (Wildman–Crippen MR) is 82.1 cm³/mol. The fourth-order valence-corrected chi connectivity index (χ4v) is 1.80. The SMILES string of the molecule is C=CCOC(C)C(=O)OCc1nc(-c2ccccc2)oc1C. The van der Waals surface area contributed by atoms with Crippen molar-refractivity contribution in [3.05, 3.63) is 54.4 Å². The van der Waals surface area contributed by atoms with E-state index in [2.05, 4.69) is 11.6 Å². The lowest BCUT2D eigenvalue weighted by Gasteiger charge is -2.10. The van der Waals surface area contributed by atoms with Gasteiger partial charge in [0.05, 0.1) is 6.61 Å². The number of rotatable bonds is 7. The number of carbonyl (C=O) groups excluding carboxylic acids is 1. The van der Waals surface area contributed by atoms with Gasteiger partial charge in [-0.05, 0) is 26.0 Å². The van der Waals surface area contributed by atoms with Gasteiger partial charge in [0, 0.05) is 5.56 Å². The van der Waals surface area contributed by atoms with Crippen LogP contribution in [-0.4, -0.2) is 23.7 Å². The summed E-state index contributed by atoms with van der Waals surface area (Å²) in [4.78, 5) is 16.1. The first-order valence-corrected chi connectivity index (χ1v) is 7.02. The molecule has 116 valence electrons. The molecule has 0 fully saturated rings. The maximum Gasteiger partial charge on any atom is 0.335 e. The maximum atomic E-state index is 11.8. The average Bonchev–Trinajstić information content (AvgIpc) is 2.92. The van der Waals surface area contributed by atoms with Crippen LogP contribution in [0.15, 0.2) is 47.4 Å². The maximum absolute atomic E-state index is 11.8. The van der Waals surface area contributed by atoms with Crippen molar-refractivity contribution >= 4 is 5.97 Å². The largest absolute Gasteiger partial charge is 0.457 e. The normalized spacial score (nSPS) is 11.9. The lowest BCUT2D eigenvalue weighted by Crippen LogP contribution is -2.23. The third kappa shape index (κ3) is 4.05. The van der Waals surface area contributed by atoms with E-state index in [4.69, 9.17) is 13.9 Å². The molecule has 2 aromatic rings. The minimum atomic E-state index is -0.640. The molecular weight excluding hydrogens is 282 g/mol. The number of nitrogens with zero attached hydrogens (tertiary/aromatic N) is 1. The van der Waals surface area contributed by atoms with Gasteiger partial charge in [0.25, 0.3) is 0 Å². The van der Waals surface area contributed by atoms with E-state index in [1.54, 1.807) is 19.9 Å². The number of aromatic nitrogens is 1. The number of oxazole rings is 1. The van der Waals surface area contributed by atoms with Gasteiger partial charge in [-0.15, -0.1) is 6.58 Å². The van der Waals surface area contributed by atoms with Crippen molar-refractivity contribution in [2.24, 2.45) is 0 Å². The molecule has 0 amide bonds. The predicted octanol–water partition coefficient (Wildman–Crippen LogP) is 3.28. The third-order valence-electron chi connectivity index (χ3n) is 3.06. The molecule has 1 aromatic carbocycles. The summed E-state index contributed by atoms with van der Waals surface area (Å²) in [6, 6.07) is 9.56. The molecular formula is C17H19NO4. The van der Waals surface area contributed by atoms with E-state index < -0.39 is 12.1 Å². The third-order valence-corrected chi connectivity index (χ3v) is 3.06. The fourth-order valence-electron chi connectivity index (χ4n) is 1.80. The first-order chi connectivity index (χ1) is 10.6. The number of hydrogen-bond acceptors (Lipinski definition) is 5. The second-order valence-corrected chi connectivity index (χ2v) is 4.76. The van der Waals surface area contributed by atoms with Crippen LogP contribution >= 0.6 is 0 Å². The van der Waals surface area contributed by atoms with Gasteiger partial charge >= 0.3 is 5.97 Å². The molecule has 0 aliphatic heterocycles. The Morgan fingerprint density at radius 2 is 2.14 bits per heavy atom. The number of esters is 1. The van der Waals surface area contributed by atoms with Crippen molar-refractivity contribution in [1.82, 2.24) is 4.98 Å². The van der Waals surface area contributed by atoms with Gasteiger partial charge in [0.15, 0.2) is 6.10 Å². The van der Waals surface area contributed by atoms with Crippen LogP contribution in [0, 0.1) is 6.92 Å². The van der Waals surface area contributed by atoms with Crippen LogP contribution < -0.4 is 0 Å². The minimum Gasteiger partial charge on any atom is -0.457 e. The second-order valence-electron chi connectivity index (χ2n) is 4.76. The summed E-state index contributed by atoms with van der Waals surface area (Å²) in [7, 11) is 0. The van der Waals surface area contributed by atoms with Gasteiger partial charge in [-0.25, -0.2) is 9.78 Å². The van der Waals surface area contributed by atoms with Crippen molar-refractivity contribution < 1.29 is 18.7 Å². The van der Waals surface area contributed by atoms with E-state index in [1.165, 1.54) is 0 Å². The quantitative estimate of drug-likeness (QED) is 0.580. The molecule has 22 heavy (non-hydrogen) atoms. The summed E-state index contributed by atoms with van der Waals surface area (Å²) >= 11 is 0. The van der Waals surface area contributed by atoms with Gasteiger partial charge < -0.3 is 13.9 Å². The standard InChI is InChI=1S/C17H19NO4/c1-4-10-20-13(3)17(19)21-11-15-12(2)22-16(18-15)14-8-6-5-7-9-14/h4-9,13H,1,10-11H2,2-3H3. The van der Waals surface area contributed by atoms with Crippen LogP contribution in [0.25, 0.3) is 11.5 Å². The summed E-state index contributed by atoms with van der Waals surface area (Å²) in [5.41, 5.74) is 1.48. The molecule has 1 heterocycles. The minimum absolute atomic E-state index is 0.0583.